The number of benzene rings is 2. The number of nitrogens with two attached hydrogens (primary N) is 1. The van der Waals surface area contributed by atoms with E-state index in [-0.39, 0.29) is 11.3 Å². The van der Waals surface area contributed by atoms with E-state index in [1.165, 1.54) is 6.07 Å². The number of aryl methyl sites for hydroxylation is 1. The van der Waals surface area contributed by atoms with Crippen molar-refractivity contribution < 1.29 is 14.6 Å². The van der Waals surface area contributed by atoms with Crippen molar-refractivity contribution in [2.75, 3.05) is 5.73 Å². The first-order valence-corrected chi connectivity index (χ1v) is 6.00. The van der Waals surface area contributed by atoms with Gasteiger partial charge >= 0.3 is 5.97 Å². The van der Waals surface area contributed by atoms with Crippen molar-refractivity contribution in [1.29, 1.82) is 0 Å². The summed E-state index contributed by atoms with van der Waals surface area (Å²) < 4.78 is 5.64. The number of carboxylic acid groups (broad SMARTS) is 1. The third-order valence-electron chi connectivity index (χ3n) is 2.80. The van der Waals surface area contributed by atoms with Gasteiger partial charge in [-0.3, -0.25) is 0 Å². The summed E-state index contributed by atoms with van der Waals surface area (Å²) in [5.74, 6) is -0.294. The predicted molar refractivity (Wildman–Crippen MR) is 73.7 cm³/mol. The molecule has 0 unspecified atom stereocenters. The van der Waals surface area contributed by atoms with Crippen molar-refractivity contribution in [3.63, 3.8) is 0 Å². The number of hydrogen-bond donors (Lipinski definition) is 2. The summed E-state index contributed by atoms with van der Waals surface area (Å²) in [6.45, 7) is 2.04. The third kappa shape index (κ3) is 2.85. The Balaban J connectivity index is 2.40. The van der Waals surface area contributed by atoms with Crippen molar-refractivity contribution in [1.82, 2.24) is 0 Å². The fraction of sp³-hybridized carbons (Fsp3) is 0.133. The second-order valence-electron chi connectivity index (χ2n) is 4.13. The highest BCUT2D eigenvalue weighted by molar-refractivity contribution is 5.93. The van der Waals surface area contributed by atoms with Crippen LogP contribution in [-0.2, 0) is 6.42 Å². The Hall–Kier alpha value is -2.49. The Labute approximate surface area is 111 Å². The van der Waals surface area contributed by atoms with Crippen LogP contribution >= 0.6 is 0 Å². The minimum atomic E-state index is -1.06. The first kappa shape index (κ1) is 13.0. The van der Waals surface area contributed by atoms with E-state index in [1.807, 2.05) is 25.1 Å². The first-order valence-electron chi connectivity index (χ1n) is 6.00. The molecule has 4 nitrogen and oxygen atoms in total. The molecule has 0 saturated heterocycles. The van der Waals surface area contributed by atoms with Gasteiger partial charge in [-0.05, 0) is 36.2 Å². The molecule has 98 valence electrons. The summed E-state index contributed by atoms with van der Waals surface area (Å²) >= 11 is 0. The summed E-state index contributed by atoms with van der Waals surface area (Å²) in [5.41, 5.74) is 7.27. The van der Waals surface area contributed by atoms with Crippen LogP contribution in [0, 0.1) is 0 Å². The molecular weight excluding hydrogens is 242 g/mol. The van der Waals surface area contributed by atoms with Crippen LogP contribution in [0.2, 0.25) is 0 Å². The SMILES string of the molecule is CCc1cccc(Oc2c(N)cccc2C(=O)O)c1. The zero-order valence-corrected chi connectivity index (χ0v) is 10.6. The maximum atomic E-state index is 11.2. The van der Waals surface area contributed by atoms with Gasteiger partial charge in [-0.2, -0.15) is 0 Å². The number of carbonyl (C=O) groups is 1. The number of hydrogen-bond acceptors (Lipinski definition) is 3. The number of carboxylic acids is 1. The van der Waals surface area contributed by atoms with Gasteiger partial charge in [0.1, 0.15) is 11.3 Å². The quantitative estimate of drug-likeness (QED) is 0.824. The first-order chi connectivity index (χ1) is 9.11. The molecule has 0 heterocycles. The molecule has 0 aliphatic heterocycles. The fourth-order valence-electron chi connectivity index (χ4n) is 1.78. The number of para-hydroxylation sites is 1. The number of rotatable bonds is 4. The van der Waals surface area contributed by atoms with Crippen LogP contribution in [0.3, 0.4) is 0 Å². The third-order valence-corrected chi connectivity index (χ3v) is 2.80. The summed E-state index contributed by atoms with van der Waals surface area (Å²) in [6, 6.07) is 12.2. The second-order valence-corrected chi connectivity index (χ2v) is 4.13. The summed E-state index contributed by atoms with van der Waals surface area (Å²) in [7, 11) is 0. The summed E-state index contributed by atoms with van der Waals surface area (Å²) in [5, 5.41) is 9.13. The van der Waals surface area contributed by atoms with Crippen LogP contribution < -0.4 is 10.5 Å². The van der Waals surface area contributed by atoms with Gasteiger partial charge in [-0.25, -0.2) is 4.79 Å². The molecule has 0 aliphatic rings. The Morgan fingerprint density at radius 1 is 1.26 bits per heavy atom. The topological polar surface area (TPSA) is 72.5 Å². The van der Waals surface area contributed by atoms with E-state index in [1.54, 1.807) is 18.2 Å². The van der Waals surface area contributed by atoms with E-state index in [4.69, 9.17) is 15.6 Å². The standard InChI is InChI=1S/C15H15NO3/c1-2-10-5-3-6-11(9-10)19-14-12(15(17)18)7-4-8-13(14)16/h3-9H,2,16H2,1H3,(H,17,18). The zero-order chi connectivity index (χ0) is 13.8. The van der Waals surface area contributed by atoms with Crippen molar-refractivity contribution in [2.24, 2.45) is 0 Å². The number of anilines is 1. The van der Waals surface area contributed by atoms with Crippen LogP contribution in [0.25, 0.3) is 0 Å². The lowest BCUT2D eigenvalue weighted by Crippen LogP contribution is -2.03. The highest BCUT2D eigenvalue weighted by atomic mass is 16.5. The van der Waals surface area contributed by atoms with Gasteiger partial charge in [-0.1, -0.05) is 25.1 Å². The normalized spacial score (nSPS) is 10.2. The molecule has 0 spiro atoms. The molecule has 0 radical (unpaired) electrons. The van der Waals surface area contributed by atoms with Crippen molar-refractivity contribution in [3.8, 4) is 11.5 Å². The van der Waals surface area contributed by atoms with Crippen LogP contribution in [0.4, 0.5) is 5.69 Å². The molecule has 2 rings (SSSR count). The van der Waals surface area contributed by atoms with E-state index < -0.39 is 5.97 Å². The Morgan fingerprint density at radius 2 is 2.00 bits per heavy atom. The molecule has 3 N–H and O–H groups in total. The molecule has 0 amide bonds. The second kappa shape index (κ2) is 5.44. The fourth-order valence-corrected chi connectivity index (χ4v) is 1.78. The molecular formula is C15H15NO3. The maximum Gasteiger partial charge on any atom is 0.339 e. The minimum Gasteiger partial charge on any atom is -0.478 e. The summed E-state index contributed by atoms with van der Waals surface area (Å²) in [6.07, 6.45) is 0.882. The predicted octanol–water partition coefficient (Wildman–Crippen LogP) is 3.32. The lowest BCUT2D eigenvalue weighted by Gasteiger charge is -2.11. The van der Waals surface area contributed by atoms with Crippen LogP contribution in [0.1, 0.15) is 22.8 Å². The van der Waals surface area contributed by atoms with Gasteiger partial charge in [0.25, 0.3) is 0 Å². The molecule has 0 bridgehead atoms. The van der Waals surface area contributed by atoms with E-state index >= 15 is 0 Å². The number of aromatic carboxylic acids is 1. The van der Waals surface area contributed by atoms with Crippen molar-refractivity contribution in [3.05, 3.63) is 53.6 Å². The Kier molecular flexibility index (Phi) is 3.71. The minimum absolute atomic E-state index is 0.0573. The zero-order valence-electron chi connectivity index (χ0n) is 10.6. The largest absolute Gasteiger partial charge is 0.478 e. The Morgan fingerprint density at radius 3 is 2.68 bits per heavy atom. The molecule has 0 aromatic heterocycles. The van der Waals surface area contributed by atoms with Crippen LogP contribution in [-0.4, -0.2) is 11.1 Å². The van der Waals surface area contributed by atoms with Gasteiger partial charge in [0.2, 0.25) is 0 Å². The van der Waals surface area contributed by atoms with Crippen LogP contribution in [0.15, 0.2) is 42.5 Å². The molecule has 4 heteroatoms. The lowest BCUT2D eigenvalue weighted by atomic mass is 10.1. The van der Waals surface area contributed by atoms with E-state index in [0.29, 0.717) is 11.4 Å². The number of nitrogen functional groups attached to an aromatic ring is 1. The highest BCUT2D eigenvalue weighted by Gasteiger charge is 2.14. The van der Waals surface area contributed by atoms with Gasteiger partial charge in [-0.15, -0.1) is 0 Å². The van der Waals surface area contributed by atoms with E-state index in [9.17, 15) is 4.79 Å². The molecule has 0 saturated carbocycles. The van der Waals surface area contributed by atoms with Gasteiger partial charge in [0.15, 0.2) is 5.75 Å². The summed E-state index contributed by atoms with van der Waals surface area (Å²) in [4.78, 5) is 11.2. The molecule has 0 fully saturated rings. The maximum absolute atomic E-state index is 11.2. The molecule has 2 aromatic carbocycles. The molecule has 19 heavy (non-hydrogen) atoms. The molecule has 2 aromatic rings. The van der Waals surface area contributed by atoms with Gasteiger partial charge in [0, 0.05) is 0 Å². The van der Waals surface area contributed by atoms with Crippen LogP contribution in [0.5, 0.6) is 11.5 Å². The van der Waals surface area contributed by atoms with Crippen molar-refractivity contribution in [2.45, 2.75) is 13.3 Å². The van der Waals surface area contributed by atoms with Gasteiger partial charge < -0.3 is 15.6 Å². The smallest absolute Gasteiger partial charge is 0.339 e. The average molecular weight is 257 g/mol. The molecule has 0 atom stereocenters. The highest BCUT2D eigenvalue weighted by Crippen LogP contribution is 2.31. The van der Waals surface area contributed by atoms with Crippen molar-refractivity contribution >= 4 is 11.7 Å². The number of ether oxygens (including phenoxy) is 1. The molecule has 0 aliphatic carbocycles. The van der Waals surface area contributed by atoms with E-state index in [0.717, 1.165) is 12.0 Å². The Bertz CT molecular complexity index is 608. The van der Waals surface area contributed by atoms with E-state index in [2.05, 4.69) is 0 Å². The lowest BCUT2D eigenvalue weighted by molar-refractivity contribution is 0.0694. The van der Waals surface area contributed by atoms with Gasteiger partial charge in [0.05, 0.1) is 5.69 Å². The average Bonchev–Trinajstić information content (AvgIpc) is 2.41. The monoisotopic (exact) mass is 257 g/mol.